The summed E-state index contributed by atoms with van der Waals surface area (Å²) in [6, 6.07) is 3.51. The van der Waals surface area contributed by atoms with Gasteiger partial charge in [-0.2, -0.15) is 0 Å². The number of sulfonamides is 1. The molecule has 2 heterocycles. The number of carbonyl (C=O) groups excluding carboxylic acids is 4. The van der Waals surface area contributed by atoms with E-state index in [2.05, 4.69) is 26.9 Å². The molecule has 0 spiro atoms. The second-order valence-electron chi connectivity index (χ2n) is 15.1. The van der Waals surface area contributed by atoms with Crippen LogP contribution in [0.25, 0.3) is 10.8 Å². The largest absolute Gasteiger partial charge is 0.472 e. The lowest BCUT2D eigenvalue weighted by atomic mass is 9.85. The van der Waals surface area contributed by atoms with E-state index in [0.29, 0.717) is 23.6 Å². The average molecular weight is 702 g/mol. The molecule has 49 heavy (non-hydrogen) atoms. The fourth-order valence-corrected chi connectivity index (χ4v) is 7.36. The molecule has 0 radical (unpaired) electrons. The van der Waals surface area contributed by atoms with Crippen molar-refractivity contribution in [3.63, 3.8) is 0 Å². The lowest BCUT2D eigenvalue weighted by Crippen LogP contribution is -2.60. The summed E-state index contributed by atoms with van der Waals surface area (Å²) in [5.74, 6) is -3.14. The molecular formula is C34H44FN5O8S. The topological polar surface area (TPSA) is 173 Å². The molecule has 1 aromatic heterocycles. The maximum atomic E-state index is 14.3. The second kappa shape index (κ2) is 12.9. The number of ether oxygens (including phenoxy) is 2. The Kier molecular flexibility index (Phi) is 9.47. The number of benzene rings is 1. The zero-order chi connectivity index (χ0) is 36.1. The smallest absolute Gasteiger partial charge is 0.408 e. The van der Waals surface area contributed by atoms with E-state index in [-0.39, 0.29) is 25.3 Å². The number of hydrogen-bond acceptors (Lipinski definition) is 9. The number of halogens is 1. The summed E-state index contributed by atoms with van der Waals surface area (Å²) >= 11 is 0. The van der Waals surface area contributed by atoms with Gasteiger partial charge < -0.3 is 25.0 Å². The molecule has 3 aliphatic rings. The van der Waals surface area contributed by atoms with Crippen LogP contribution in [-0.2, 0) is 29.1 Å². The number of rotatable bonds is 10. The molecule has 0 unspecified atom stereocenters. The van der Waals surface area contributed by atoms with E-state index in [0.717, 1.165) is 0 Å². The number of fused-ring (bicyclic) bond motifs is 1. The van der Waals surface area contributed by atoms with Crippen molar-refractivity contribution in [2.24, 2.45) is 11.3 Å². The van der Waals surface area contributed by atoms with E-state index < -0.39 is 85.6 Å². The van der Waals surface area contributed by atoms with Gasteiger partial charge >= 0.3 is 6.09 Å². The van der Waals surface area contributed by atoms with Gasteiger partial charge in [-0.05, 0) is 69.0 Å². The van der Waals surface area contributed by atoms with Crippen molar-refractivity contribution in [1.29, 1.82) is 0 Å². The van der Waals surface area contributed by atoms with E-state index in [1.807, 2.05) is 0 Å². The maximum Gasteiger partial charge on any atom is 0.408 e. The molecule has 0 bridgehead atoms. The van der Waals surface area contributed by atoms with Crippen molar-refractivity contribution in [3.8, 4) is 5.88 Å². The number of pyridine rings is 1. The summed E-state index contributed by atoms with van der Waals surface area (Å²) in [6.07, 6.45) is 2.29. The fourth-order valence-electron chi connectivity index (χ4n) is 6.00. The van der Waals surface area contributed by atoms with Gasteiger partial charge in [0.25, 0.3) is 5.91 Å². The monoisotopic (exact) mass is 701 g/mol. The van der Waals surface area contributed by atoms with E-state index in [4.69, 9.17) is 9.47 Å². The zero-order valence-corrected chi connectivity index (χ0v) is 29.4. The molecule has 266 valence electrons. The fraction of sp³-hybridized carbons (Fsp3) is 0.559. The molecule has 13 nitrogen and oxygen atoms in total. The molecule has 5 rings (SSSR count). The van der Waals surface area contributed by atoms with Crippen molar-refractivity contribution >= 4 is 44.6 Å². The summed E-state index contributed by atoms with van der Waals surface area (Å²) < 4.78 is 53.2. The Bertz CT molecular complexity index is 1780. The average Bonchev–Trinajstić information content (AvgIpc) is 3.91. The van der Waals surface area contributed by atoms with Crippen LogP contribution in [-0.4, -0.2) is 83.2 Å². The predicted molar refractivity (Wildman–Crippen MR) is 178 cm³/mol. The van der Waals surface area contributed by atoms with Gasteiger partial charge in [-0.1, -0.05) is 32.9 Å². The first-order chi connectivity index (χ1) is 22.7. The Hall–Kier alpha value is -4.27. The van der Waals surface area contributed by atoms with E-state index in [1.54, 1.807) is 53.7 Å². The molecule has 2 aromatic rings. The highest BCUT2D eigenvalue weighted by atomic mass is 32.2. The lowest BCUT2D eigenvalue weighted by molar-refractivity contribution is -0.143. The van der Waals surface area contributed by atoms with Gasteiger partial charge in [0.2, 0.25) is 27.7 Å². The quantitative estimate of drug-likeness (QED) is 0.314. The third kappa shape index (κ3) is 7.97. The van der Waals surface area contributed by atoms with Crippen LogP contribution in [0.15, 0.2) is 43.1 Å². The standard InChI is InChI=1S/C34H44FN5O8S/c1-8-20-17-34(20,30(43)39-49(45,46)23-11-12-23)38-27(41)25-16-22(47-28-24-15-21(35)10-9-19(24)13-14-36-28)18-40(25)29(42)26(32(2,3)4)37-31(44)48-33(5,6)7/h8-10,13-15,20,22-23,25-26H,1,11-12,16-18H2,2-7H3,(H,37,44)(H,38,41)(H,39,43)/t20-,22-,25+,26-,34-/m1/s1. The number of carbonyl (C=O) groups is 4. The first-order valence-electron chi connectivity index (χ1n) is 16.3. The number of aromatic nitrogens is 1. The van der Waals surface area contributed by atoms with Gasteiger partial charge in [0.05, 0.1) is 11.8 Å². The first kappa shape index (κ1) is 36.0. The first-order valence-corrected chi connectivity index (χ1v) is 17.8. The molecular weight excluding hydrogens is 657 g/mol. The molecule has 2 aliphatic carbocycles. The third-order valence-corrected chi connectivity index (χ3v) is 10.7. The number of nitrogens with one attached hydrogen (secondary N) is 3. The number of hydrogen-bond donors (Lipinski definition) is 3. The SMILES string of the molecule is C=C[C@@H]1C[C@]1(NC(=O)[C@@H]1C[C@@H](Oc2nccc3ccc(F)cc23)CN1C(=O)[C@@H](NC(=O)OC(C)(C)C)C(C)(C)C)C(=O)NS(=O)(=O)C1CC1. The highest BCUT2D eigenvalue weighted by molar-refractivity contribution is 7.91. The molecule has 5 atom stereocenters. The predicted octanol–water partition coefficient (Wildman–Crippen LogP) is 3.33. The van der Waals surface area contributed by atoms with Crippen LogP contribution in [0.4, 0.5) is 9.18 Å². The Morgan fingerprint density at radius 2 is 1.82 bits per heavy atom. The normalized spacial score (nSPS) is 24.5. The number of amides is 4. The van der Waals surface area contributed by atoms with Crippen molar-refractivity contribution in [3.05, 3.63) is 48.9 Å². The van der Waals surface area contributed by atoms with Crippen molar-refractivity contribution in [1.82, 2.24) is 25.2 Å². The van der Waals surface area contributed by atoms with Crippen molar-refractivity contribution < 1.29 is 41.5 Å². The van der Waals surface area contributed by atoms with Crippen molar-refractivity contribution in [2.75, 3.05) is 6.54 Å². The molecule has 1 saturated heterocycles. The summed E-state index contributed by atoms with van der Waals surface area (Å²) in [5.41, 5.74) is -3.27. The number of alkyl carbamates (subject to hydrolysis) is 1. The Balaban J connectivity index is 1.44. The van der Waals surface area contributed by atoms with Gasteiger partial charge in [0.15, 0.2) is 0 Å². The Morgan fingerprint density at radius 1 is 1.12 bits per heavy atom. The molecule has 2 saturated carbocycles. The van der Waals surface area contributed by atoms with Gasteiger partial charge in [0.1, 0.15) is 35.1 Å². The number of likely N-dealkylation sites (tertiary alicyclic amines) is 1. The molecule has 4 amide bonds. The minimum absolute atomic E-state index is 0.0505. The molecule has 1 aromatic carbocycles. The Labute approximate surface area is 285 Å². The van der Waals surface area contributed by atoms with E-state index >= 15 is 0 Å². The summed E-state index contributed by atoms with van der Waals surface area (Å²) in [6.45, 7) is 13.9. The molecule has 3 fully saturated rings. The van der Waals surface area contributed by atoms with Crippen LogP contribution >= 0.6 is 0 Å². The van der Waals surface area contributed by atoms with E-state index in [9.17, 15) is 32.0 Å². The maximum absolute atomic E-state index is 14.3. The highest BCUT2D eigenvalue weighted by Gasteiger charge is 2.62. The summed E-state index contributed by atoms with van der Waals surface area (Å²) in [5, 5.41) is 5.80. The zero-order valence-electron chi connectivity index (χ0n) is 28.5. The minimum atomic E-state index is -3.91. The van der Waals surface area contributed by atoms with Crippen LogP contribution in [0.5, 0.6) is 5.88 Å². The third-order valence-electron chi connectivity index (χ3n) is 8.84. The van der Waals surface area contributed by atoms with Crippen LogP contribution in [0, 0.1) is 17.2 Å². The van der Waals surface area contributed by atoms with Crippen molar-refractivity contribution in [2.45, 2.75) is 102 Å². The van der Waals surface area contributed by atoms with Crippen LogP contribution in [0.1, 0.15) is 67.2 Å². The highest BCUT2D eigenvalue weighted by Crippen LogP contribution is 2.45. The second-order valence-corrected chi connectivity index (χ2v) is 17.1. The summed E-state index contributed by atoms with van der Waals surface area (Å²) in [7, 11) is -3.91. The minimum Gasteiger partial charge on any atom is -0.472 e. The Morgan fingerprint density at radius 3 is 2.41 bits per heavy atom. The number of nitrogens with zero attached hydrogens (tertiary/aromatic N) is 2. The molecule has 15 heteroatoms. The van der Waals surface area contributed by atoms with Gasteiger partial charge in [-0.25, -0.2) is 22.6 Å². The molecule has 3 N–H and O–H groups in total. The summed E-state index contributed by atoms with van der Waals surface area (Å²) in [4.78, 5) is 60.3. The van der Waals surface area contributed by atoms with Crippen LogP contribution in [0.3, 0.4) is 0 Å². The van der Waals surface area contributed by atoms with Gasteiger partial charge in [0, 0.05) is 23.9 Å². The van der Waals surface area contributed by atoms with E-state index in [1.165, 1.54) is 29.3 Å². The molecule has 1 aliphatic heterocycles. The lowest BCUT2D eigenvalue weighted by Gasteiger charge is -2.36. The van der Waals surface area contributed by atoms with Crippen LogP contribution in [0.2, 0.25) is 0 Å². The van der Waals surface area contributed by atoms with Gasteiger partial charge in [-0.3, -0.25) is 19.1 Å². The van der Waals surface area contributed by atoms with Gasteiger partial charge in [-0.15, -0.1) is 6.58 Å². The van der Waals surface area contributed by atoms with Crippen LogP contribution < -0.4 is 20.1 Å².